The van der Waals surface area contributed by atoms with Crippen LogP contribution in [-0.2, 0) is 0 Å². The first-order valence-electron chi connectivity index (χ1n) is 8.07. The first kappa shape index (κ1) is 15.4. The largest absolute Gasteiger partial charge is 0.354 e. The van der Waals surface area contributed by atoms with Crippen LogP contribution in [0, 0.1) is 0 Å². The lowest BCUT2D eigenvalue weighted by molar-refractivity contribution is 1.31. The quantitative estimate of drug-likeness (QED) is 0.349. The first-order chi connectivity index (χ1) is 12.7. The summed E-state index contributed by atoms with van der Waals surface area (Å²) in [6.45, 7) is 0. The Morgan fingerprint density at radius 2 is 1.12 bits per heavy atom. The highest BCUT2D eigenvalue weighted by Crippen LogP contribution is 2.28. The van der Waals surface area contributed by atoms with Gasteiger partial charge >= 0.3 is 0 Å². The number of rotatable bonds is 0. The van der Waals surface area contributed by atoms with E-state index in [1.54, 1.807) is 0 Å². The number of nitrogens with zero attached hydrogens (tertiary/aromatic N) is 2. The average Bonchev–Trinajstić information content (AvgIpc) is 3.41. The molecule has 6 heteroatoms. The summed E-state index contributed by atoms with van der Waals surface area (Å²) in [6.07, 6.45) is 7.68. The summed E-state index contributed by atoms with van der Waals surface area (Å²) in [4.78, 5) is 15.8. The molecule has 0 aliphatic carbocycles. The molecule has 8 bridgehead atoms. The van der Waals surface area contributed by atoms with Crippen molar-refractivity contribution in [3.05, 3.63) is 69.2 Å². The van der Waals surface area contributed by atoms with Gasteiger partial charge in [0.05, 0.1) is 43.9 Å². The number of fused-ring (bicyclic) bond motifs is 8. The van der Waals surface area contributed by atoms with Crippen molar-refractivity contribution in [2.75, 3.05) is 0 Å². The number of nitrogens with one attached hydrogen (secondary N) is 2. The van der Waals surface area contributed by atoms with E-state index in [9.17, 15) is 0 Å². The van der Waals surface area contributed by atoms with Crippen molar-refractivity contribution in [3.8, 4) is 0 Å². The van der Waals surface area contributed by atoms with E-state index in [1.165, 1.54) is 0 Å². The van der Waals surface area contributed by atoms with Gasteiger partial charge in [0.25, 0.3) is 0 Å². The molecule has 0 aromatic carbocycles. The molecule has 2 aliphatic rings. The zero-order chi connectivity index (χ0) is 17.7. The van der Waals surface area contributed by atoms with Gasteiger partial charge in [0, 0.05) is 11.0 Å². The molecular formula is C20H12Cl2N4. The fourth-order valence-corrected chi connectivity index (χ4v) is 3.44. The number of hydrogen-bond donors (Lipinski definition) is 2. The molecule has 4 nitrogen and oxygen atoms in total. The van der Waals surface area contributed by atoms with Gasteiger partial charge in [-0.2, -0.15) is 0 Å². The summed E-state index contributed by atoms with van der Waals surface area (Å²) < 4.78 is 0. The van der Waals surface area contributed by atoms with Crippen molar-refractivity contribution >= 4 is 69.6 Å². The minimum Gasteiger partial charge on any atom is -0.354 e. The fraction of sp³-hybridized carbons (Fsp3) is 0. The lowest BCUT2D eigenvalue weighted by Crippen LogP contribution is -1.79. The topological polar surface area (TPSA) is 57.4 Å². The van der Waals surface area contributed by atoms with Crippen LogP contribution < -0.4 is 0 Å². The van der Waals surface area contributed by atoms with Crippen LogP contribution in [0.15, 0.2) is 36.4 Å². The van der Waals surface area contributed by atoms with Crippen LogP contribution in [0.3, 0.4) is 0 Å². The molecule has 26 heavy (non-hydrogen) atoms. The zero-order valence-corrected chi connectivity index (χ0v) is 14.9. The Bertz CT molecular complexity index is 1170. The SMILES string of the molecule is Clc1c2nc(c(Cl)c3ccc(cc4nc(cc5ccc1[nH]5)C=C4)[nH]3)C=C2. The summed E-state index contributed by atoms with van der Waals surface area (Å²) in [5.74, 6) is 0. The standard InChI is InChI=1S/C20H12Cl2N4/c21-19-15-5-3-13(24-15)9-11-1-2-12(23-11)10-14-4-6-16(25-14)20(22)18-8-7-17(19)26-18/h1-10,24-25H. The van der Waals surface area contributed by atoms with Gasteiger partial charge in [0.1, 0.15) is 0 Å². The molecule has 0 radical (unpaired) electrons. The van der Waals surface area contributed by atoms with Crippen LogP contribution >= 0.6 is 23.2 Å². The number of halogens is 2. The van der Waals surface area contributed by atoms with Gasteiger partial charge in [-0.25, -0.2) is 9.97 Å². The summed E-state index contributed by atoms with van der Waals surface area (Å²) >= 11 is 13.1. The molecule has 0 fully saturated rings. The van der Waals surface area contributed by atoms with Crippen molar-refractivity contribution in [2.24, 2.45) is 0 Å². The average molecular weight is 379 g/mol. The molecule has 2 aliphatic heterocycles. The van der Waals surface area contributed by atoms with Gasteiger partial charge in [-0.15, -0.1) is 0 Å². The second kappa shape index (κ2) is 5.87. The molecule has 0 saturated heterocycles. The maximum absolute atomic E-state index is 6.53. The second-order valence-corrected chi connectivity index (χ2v) is 6.84. The molecule has 5 heterocycles. The molecule has 0 unspecified atom stereocenters. The Morgan fingerprint density at radius 1 is 0.615 bits per heavy atom. The maximum Gasteiger partial charge on any atom is 0.0897 e. The number of aromatic nitrogens is 4. The molecule has 0 amide bonds. The molecule has 3 aromatic rings. The fourth-order valence-electron chi connectivity index (χ4n) is 3.00. The van der Waals surface area contributed by atoms with E-state index in [1.807, 2.05) is 60.7 Å². The van der Waals surface area contributed by atoms with E-state index in [4.69, 9.17) is 23.2 Å². The van der Waals surface area contributed by atoms with E-state index >= 15 is 0 Å². The van der Waals surface area contributed by atoms with Gasteiger partial charge in [0.2, 0.25) is 0 Å². The molecule has 0 atom stereocenters. The van der Waals surface area contributed by atoms with Crippen molar-refractivity contribution in [1.82, 2.24) is 19.9 Å². The van der Waals surface area contributed by atoms with Crippen LogP contribution in [0.2, 0.25) is 10.0 Å². The van der Waals surface area contributed by atoms with Crippen LogP contribution in [0.5, 0.6) is 0 Å². The molecule has 2 N–H and O–H groups in total. The Labute approximate surface area is 158 Å². The lowest BCUT2D eigenvalue weighted by atomic mass is 10.3. The molecule has 126 valence electrons. The molecule has 0 saturated carbocycles. The smallest absolute Gasteiger partial charge is 0.0897 e. The summed E-state index contributed by atoms with van der Waals surface area (Å²) in [6, 6.07) is 11.7. The van der Waals surface area contributed by atoms with E-state index in [0.717, 1.165) is 33.5 Å². The van der Waals surface area contributed by atoms with Crippen molar-refractivity contribution < 1.29 is 0 Å². The van der Waals surface area contributed by atoms with Gasteiger partial charge in [-0.3, -0.25) is 0 Å². The number of H-pyrrole nitrogens is 2. The molecular weight excluding hydrogens is 367 g/mol. The third-order valence-corrected chi connectivity index (χ3v) is 5.06. The third-order valence-electron chi connectivity index (χ3n) is 4.27. The zero-order valence-electron chi connectivity index (χ0n) is 13.4. The van der Waals surface area contributed by atoms with Gasteiger partial charge in [0.15, 0.2) is 0 Å². The Hall–Kier alpha value is -2.82. The van der Waals surface area contributed by atoms with Crippen LogP contribution in [-0.4, -0.2) is 19.9 Å². The molecule has 3 aromatic heterocycles. The van der Waals surface area contributed by atoms with Crippen molar-refractivity contribution in [2.45, 2.75) is 0 Å². The second-order valence-electron chi connectivity index (χ2n) is 6.08. The lowest BCUT2D eigenvalue weighted by Gasteiger charge is -1.92. The first-order valence-corrected chi connectivity index (χ1v) is 8.83. The monoisotopic (exact) mass is 378 g/mol. The predicted molar refractivity (Wildman–Crippen MR) is 109 cm³/mol. The predicted octanol–water partition coefficient (Wildman–Crippen LogP) is 5.96. The summed E-state index contributed by atoms with van der Waals surface area (Å²) in [5, 5.41) is 1.09. The van der Waals surface area contributed by atoms with Gasteiger partial charge < -0.3 is 9.97 Å². The minimum absolute atomic E-state index is 0.545. The highest BCUT2D eigenvalue weighted by molar-refractivity contribution is 6.36. The van der Waals surface area contributed by atoms with Crippen molar-refractivity contribution in [1.29, 1.82) is 0 Å². The highest BCUT2D eigenvalue weighted by Gasteiger charge is 2.09. The third kappa shape index (κ3) is 2.64. The minimum atomic E-state index is 0.545. The van der Waals surface area contributed by atoms with Gasteiger partial charge in [-0.1, -0.05) is 23.2 Å². The Balaban J connectivity index is 1.91. The van der Waals surface area contributed by atoms with Crippen LogP contribution in [0.25, 0.3) is 46.4 Å². The van der Waals surface area contributed by atoms with Gasteiger partial charge in [-0.05, 0) is 60.7 Å². The normalized spacial score (nSPS) is 12.7. The molecule has 5 rings (SSSR count). The summed E-state index contributed by atoms with van der Waals surface area (Å²) in [5.41, 5.74) is 6.54. The Morgan fingerprint density at radius 3 is 1.62 bits per heavy atom. The number of aromatic amines is 2. The maximum atomic E-state index is 6.53. The summed E-state index contributed by atoms with van der Waals surface area (Å²) in [7, 11) is 0. The van der Waals surface area contributed by atoms with E-state index in [0.29, 0.717) is 21.4 Å². The highest BCUT2D eigenvalue weighted by atomic mass is 35.5. The molecule has 0 spiro atoms. The van der Waals surface area contributed by atoms with Crippen molar-refractivity contribution in [3.63, 3.8) is 0 Å². The number of hydrogen-bond acceptors (Lipinski definition) is 2. The van der Waals surface area contributed by atoms with E-state index in [-0.39, 0.29) is 0 Å². The van der Waals surface area contributed by atoms with E-state index in [2.05, 4.69) is 19.9 Å². The van der Waals surface area contributed by atoms with Crippen LogP contribution in [0.4, 0.5) is 0 Å². The van der Waals surface area contributed by atoms with Crippen LogP contribution in [0.1, 0.15) is 22.8 Å². The Kier molecular flexibility index (Phi) is 3.48. The van der Waals surface area contributed by atoms with E-state index < -0.39 is 0 Å².